The molecule has 0 aliphatic carbocycles. The third-order valence-electron chi connectivity index (χ3n) is 4.52. The first kappa shape index (κ1) is 22.1. The van der Waals surface area contributed by atoms with Crippen molar-refractivity contribution in [2.24, 2.45) is 13.0 Å². The maximum atomic E-state index is 12.2. The number of aryl methyl sites for hydroxylation is 2. The van der Waals surface area contributed by atoms with Crippen LogP contribution in [0.4, 0.5) is 4.39 Å². The summed E-state index contributed by atoms with van der Waals surface area (Å²) in [5.74, 6) is 0.474. The molecule has 1 amide bonds. The Morgan fingerprint density at radius 1 is 1.46 bits per heavy atom. The average Bonchev–Trinajstić information content (AvgIpc) is 2.96. The van der Waals surface area contributed by atoms with Gasteiger partial charge in [0.25, 0.3) is 12.4 Å². The van der Waals surface area contributed by atoms with Gasteiger partial charge in [0.1, 0.15) is 0 Å². The predicted octanol–water partition coefficient (Wildman–Crippen LogP) is 2.01. The van der Waals surface area contributed by atoms with Gasteiger partial charge < -0.3 is 15.3 Å². The minimum Gasteiger partial charge on any atom is -0.483 e. The van der Waals surface area contributed by atoms with E-state index in [1.54, 1.807) is 10.9 Å². The Morgan fingerprint density at radius 2 is 2.19 bits per heavy atom. The maximum Gasteiger partial charge on any atom is 0.290 e. The Bertz CT molecular complexity index is 551. The van der Waals surface area contributed by atoms with Gasteiger partial charge in [0.15, 0.2) is 0 Å². The monoisotopic (exact) mass is 370 g/mol. The summed E-state index contributed by atoms with van der Waals surface area (Å²) in [6, 6.07) is 0. The average molecular weight is 370 g/mol. The Labute approximate surface area is 154 Å². The standard InChI is InChI=1S/C17H29FN4O.CH2O2/c1-14-16(13-21(2)20-14)17(23)19-11-15-7-6-10-22(12-15)9-5-3-4-8-18;2-1-3/h13,15H,3-12H2,1-2H3,(H,19,23);1H,(H,2,3). The molecule has 148 valence electrons. The van der Waals surface area contributed by atoms with E-state index in [1.165, 1.54) is 6.42 Å². The number of alkyl halides is 1. The normalized spacial score (nSPS) is 17.3. The topological polar surface area (TPSA) is 87.5 Å². The first-order chi connectivity index (χ1) is 12.5. The van der Waals surface area contributed by atoms with E-state index < -0.39 is 0 Å². The van der Waals surface area contributed by atoms with E-state index in [4.69, 9.17) is 9.90 Å². The van der Waals surface area contributed by atoms with Gasteiger partial charge in [-0.15, -0.1) is 0 Å². The molecule has 1 aliphatic rings. The van der Waals surface area contributed by atoms with Crippen LogP contribution < -0.4 is 5.32 Å². The highest BCUT2D eigenvalue weighted by Crippen LogP contribution is 2.17. The Hall–Kier alpha value is -1.96. The third-order valence-corrected chi connectivity index (χ3v) is 4.52. The first-order valence-electron chi connectivity index (χ1n) is 9.16. The second kappa shape index (κ2) is 12.4. The second-order valence-corrected chi connectivity index (χ2v) is 6.68. The van der Waals surface area contributed by atoms with Crippen molar-refractivity contribution < 1.29 is 19.1 Å². The number of carbonyl (C=O) groups is 2. The number of rotatable bonds is 8. The molecule has 26 heavy (non-hydrogen) atoms. The van der Waals surface area contributed by atoms with Crippen LogP contribution in [0.2, 0.25) is 0 Å². The highest BCUT2D eigenvalue weighted by molar-refractivity contribution is 5.94. The molecule has 1 fully saturated rings. The van der Waals surface area contributed by atoms with Gasteiger partial charge in [0.2, 0.25) is 0 Å². The molecule has 7 nitrogen and oxygen atoms in total. The first-order valence-corrected chi connectivity index (χ1v) is 9.16. The molecule has 0 radical (unpaired) electrons. The fourth-order valence-electron chi connectivity index (χ4n) is 3.28. The summed E-state index contributed by atoms with van der Waals surface area (Å²) in [5, 5.41) is 14.1. The van der Waals surface area contributed by atoms with Crippen LogP contribution in [-0.2, 0) is 11.8 Å². The largest absolute Gasteiger partial charge is 0.483 e. The van der Waals surface area contributed by atoms with Gasteiger partial charge in [-0.3, -0.25) is 18.7 Å². The van der Waals surface area contributed by atoms with E-state index in [9.17, 15) is 9.18 Å². The molecule has 1 aliphatic heterocycles. The van der Waals surface area contributed by atoms with Crippen molar-refractivity contribution in [2.75, 3.05) is 32.9 Å². The highest BCUT2D eigenvalue weighted by atomic mass is 19.1. The molecule has 2 rings (SSSR count). The summed E-state index contributed by atoms with van der Waals surface area (Å²) < 4.78 is 13.8. The number of nitrogens with one attached hydrogen (secondary N) is 1. The SMILES string of the molecule is Cc1nn(C)cc1C(=O)NCC1CCCN(CCCCCF)C1.O=CO. The smallest absolute Gasteiger partial charge is 0.290 e. The second-order valence-electron chi connectivity index (χ2n) is 6.68. The van der Waals surface area contributed by atoms with Crippen LogP contribution in [0.15, 0.2) is 6.20 Å². The Balaban J connectivity index is 0.00000105. The quantitative estimate of drug-likeness (QED) is 0.540. The van der Waals surface area contributed by atoms with Gasteiger partial charge in [0.05, 0.1) is 17.9 Å². The molecule has 1 aromatic heterocycles. The van der Waals surface area contributed by atoms with Gasteiger partial charge in [-0.2, -0.15) is 5.10 Å². The lowest BCUT2D eigenvalue weighted by Crippen LogP contribution is -2.41. The number of amides is 1. The van der Waals surface area contributed by atoms with Gasteiger partial charge in [0, 0.05) is 26.3 Å². The molecule has 1 saturated heterocycles. The van der Waals surface area contributed by atoms with Crippen molar-refractivity contribution in [3.8, 4) is 0 Å². The lowest BCUT2D eigenvalue weighted by Gasteiger charge is -2.32. The summed E-state index contributed by atoms with van der Waals surface area (Å²) >= 11 is 0. The fraction of sp³-hybridized carbons (Fsp3) is 0.722. The number of halogens is 1. The minimum absolute atomic E-state index is 0.0318. The number of aromatic nitrogens is 2. The number of nitrogens with zero attached hydrogens (tertiary/aromatic N) is 3. The van der Waals surface area contributed by atoms with Crippen molar-refractivity contribution in [1.82, 2.24) is 20.0 Å². The van der Waals surface area contributed by atoms with Gasteiger partial charge in [-0.25, -0.2) is 0 Å². The van der Waals surface area contributed by atoms with Crippen LogP contribution in [0.25, 0.3) is 0 Å². The Morgan fingerprint density at radius 3 is 2.81 bits per heavy atom. The zero-order chi connectivity index (χ0) is 19.4. The van der Waals surface area contributed by atoms with E-state index >= 15 is 0 Å². The maximum absolute atomic E-state index is 12.2. The van der Waals surface area contributed by atoms with Gasteiger partial charge in [-0.1, -0.05) is 0 Å². The molecule has 2 heterocycles. The molecule has 0 bridgehead atoms. The minimum atomic E-state index is -0.250. The summed E-state index contributed by atoms with van der Waals surface area (Å²) in [6.45, 7) is 5.32. The van der Waals surface area contributed by atoms with Crippen molar-refractivity contribution in [1.29, 1.82) is 0 Å². The Kier molecular flexibility index (Phi) is 10.5. The zero-order valence-corrected chi connectivity index (χ0v) is 15.8. The van der Waals surface area contributed by atoms with E-state index in [-0.39, 0.29) is 19.1 Å². The fourth-order valence-corrected chi connectivity index (χ4v) is 3.28. The number of likely N-dealkylation sites (tertiary alicyclic amines) is 1. The van der Waals surface area contributed by atoms with Crippen LogP contribution in [0.1, 0.15) is 48.2 Å². The van der Waals surface area contributed by atoms with Crippen LogP contribution in [-0.4, -0.2) is 65.0 Å². The number of carbonyl (C=O) groups excluding carboxylic acids is 1. The van der Waals surface area contributed by atoms with Crippen LogP contribution in [0, 0.1) is 12.8 Å². The van der Waals surface area contributed by atoms with Crippen LogP contribution in [0.3, 0.4) is 0 Å². The van der Waals surface area contributed by atoms with Crippen molar-refractivity contribution >= 4 is 12.4 Å². The molecule has 1 unspecified atom stereocenters. The van der Waals surface area contributed by atoms with Crippen LogP contribution >= 0.6 is 0 Å². The molecule has 1 aromatic rings. The van der Waals surface area contributed by atoms with E-state index in [2.05, 4.69) is 15.3 Å². The van der Waals surface area contributed by atoms with E-state index in [0.717, 1.165) is 44.6 Å². The number of carboxylic acid groups (broad SMARTS) is 1. The highest BCUT2D eigenvalue weighted by Gasteiger charge is 2.21. The molecule has 0 spiro atoms. The number of unbranched alkanes of at least 4 members (excludes halogenated alkanes) is 2. The molecular weight excluding hydrogens is 339 g/mol. The summed E-state index contributed by atoms with van der Waals surface area (Å²) in [7, 11) is 1.83. The van der Waals surface area contributed by atoms with E-state index in [1.807, 2.05) is 14.0 Å². The predicted molar refractivity (Wildman–Crippen MR) is 98.0 cm³/mol. The zero-order valence-electron chi connectivity index (χ0n) is 15.8. The molecule has 0 saturated carbocycles. The molecular formula is C18H31FN4O3. The lowest BCUT2D eigenvalue weighted by atomic mass is 9.97. The van der Waals surface area contributed by atoms with Crippen molar-refractivity contribution in [2.45, 2.75) is 39.0 Å². The molecule has 0 aromatic carbocycles. The summed E-state index contributed by atoms with van der Waals surface area (Å²) in [5.41, 5.74) is 1.43. The van der Waals surface area contributed by atoms with Crippen molar-refractivity contribution in [3.63, 3.8) is 0 Å². The number of hydrogen-bond donors (Lipinski definition) is 2. The number of piperidine rings is 1. The van der Waals surface area contributed by atoms with Crippen molar-refractivity contribution in [3.05, 3.63) is 17.5 Å². The summed E-state index contributed by atoms with van der Waals surface area (Å²) in [6.07, 6.45) is 6.82. The molecule has 8 heteroatoms. The third kappa shape index (κ3) is 7.95. The number of hydrogen-bond acceptors (Lipinski definition) is 4. The molecule has 2 N–H and O–H groups in total. The molecule has 1 atom stereocenters. The lowest BCUT2D eigenvalue weighted by molar-refractivity contribution is -0.122. The van der Waals surface area contributed by atoms with Gasteiger partial charge >= 0.3 is 0 Å². The van der Waals surface area contributed by atoms with E-state index in [0.29, 0.717) is 24.4 Å². The van der Waals surface area contributed by atoms with Gasteiger partial charge in [-0.05, 0) is 58.0 Å². The van der Waals surface area contributed by atoms with Crippen LogP contribution in [0.5, 0.6) is 0 Å². The summed E-state index contributed by atoms with van der Waals surface area (Å²) in [4.78, 5) is 23.0.